The molecule has 0 aromatic rings. The van der Waals surface area contributed by atoms with E-state index in [9.17, 15) is 23.1 Å². The van der Waals surface area contributed by atoms with Crippen LogP contribution in [0.15, 0.2) is 0 Å². The molecule has 1 saturated heterocycles. The van der Waals surface area contributed by atoms with E-state index in [0.717, 1.165) is 0 Å². The highest BCUT2D eigenvalue weighted by molar-refractivity contribution is 7.91. The van der Waals surface area contributed by atoms with Crippen molar-refractivity contribution in [1.82, 2.24) is 4.90 Å². The van der Waals surface area contributed by atoms with Crippen LogP contribution in [0.5, 0.6) is 0 Å². The number of aliphatic carboxylic acids is 1. The van der Waals surface area contributed by atoms with Gasteiger partial charge in [0.2, 0.25) is 5.91 Å². The zero-order valence-electron chi connectivity index (χ0n) is 11.6. The maximum atomic E-state index is 12.5. The summed E-state index contributed by atoms with van der Waals surface area (Å²) in [5.74, 6) is -1.91. The maximum Gasteiger partial charge on any atom is 0.307 e. The minimum absolute atomic E-state index is 0.0151. The van der Waals surface area contributed by atoms with Gasteiger partial charge in [-0.3, -0.25) is 9.59 Å². The fourth-order valence-corrected chi connectivity index (χ4v) is 4.50. The van der Waals surface area contributed by atoms with E-state index in [1.54, 1.807) is 4.90 Å². The van der Waals surface area contributed by atoms with Crippen molar-refractivity contribution in [1.29, 1.82) is 0 Å². The van der Waals surface area contributed by atoms with Gasteiger partial charge in [-0.15, -0.1) is 0 Å². The van der Waals surface area contributed by atoms with Crippen molar-refractivity contribution in [3.8, 4) is 0 Å². The number of carboxylic acids is 1. The Morgan fingerprint density at radius 2 is 1.75 bits per heavy atom. The third kappa shape index (κ3) is 3.31. The maximum absolute atomic E-state index is 12.5. The van der Waals surface area contributed by atoms with Crippen LogP contribution in [0.2, 0.25) is 0 Å². The van der Waals surface area contributed by atoms with Crippen LogP contribution in [-0.2, 0) is 19.4 Å². The van der Waals surface area contributed by atoms with E-state index in [1.165, 1.54) is 0 Å². The first-order valence-corrected chi connectivity index (χ1v) is 8.84. The van der Waals surface area contributed by atoms with Gasteiger partial charge in [-0.1, -0.05) is 6.92 Å². The molecule has 1 aliphatic heterocycles. The summed E-state index contributed by atoms with van der Waals surface area (Å²) in [6.45, 7) is 2.56. The molecule has 3 atom stereocenters. The summed E-state index contributed by atoms with van der Waals surface area (Å²) in [5, 5.41) is 9.22. The Morgan fingerprint density at radius 1 is 1.10 bits per heavy atom. The third-order valence-corrected chi connectivity index (χ3v) is 6.02. The van der Waals surface area contributed by atoms with Gasteiger partial charge in [0, 0.05) is 13.1 Å². The summed E-state index contributed by atoms with van der Waals surface area (Å²) in [6.07, 6.45) is 1.55. The smallest absolute Gasteiger partial charge is 0.307 e. The molecule has 2 fully saturated rings. The Hall–Kier alpha value is -1.11. The lowest BCUT2D eigenvalue weighted by Gasteiger charge is -2.25. The van der Waals surface area contributed by atoms with Gasteiger partial charge in [-0.25, -0.2) is 8.42 Å². The molecular formula is C13H21NO5S. The molecule has 0 radical (unpaired) electrons. The normalized spacial score (nSPS) is 33.6. The van der Waals surface area contributed by atoms with Gasteiger partial charge in [0.25, 0.3) is 0 Å². The number of sulfone groups is 1. The first kappa shape index (κ1) is 15.3. The Bertz CT molecular complexity index is 501. The van der Waals surface area contributed by atoms with Crippen LogP contribution < -0.4 is 0 Å². The van der Waals surface area contributed by atoms with Crippen LogP contribution in [0.4, 0.5) is 0 Å². The van der Waals surface area contributed by atoms with Crippen LogP contribution in [0.3, 0.4) is 0 Å². The van der Waals surface area contributed by atoms with Crippen LogP contribution in [-0.4, -0.2) is 54.9 Å². The Balaban J connectivity index is 2.08. The van der Waals surface area contributed by atoms with E-state index in [2.05, 4.69) is 0 Å². The first-order valence-electron chi connectivity index (χ1n) is 7.02. The van der Waals surface area contributed by atoms with Gasteiger partial charge in [0.05, 0.1) is 23.3 Å². The number of rotatable bonds is 2. The molecule has 1 N–H and O–H groups in total. The van der Waals surface area contributed by atoms with Crippen molar-refractivity contribution in [2.75, 3.05) is 24.6 Å². The second-order valence-electron chi connectivity index (χ2n) is 5.96. The van der Waals surface area contributed by atoms with Gasteiger partial charge < -0.3 is 10.0 Å². The molecule has 1 heterocycles. The monoisotopic (exact) mass is 303 g/mol. The van der Waals surface area contributed by atoms with Crippen molar-refractivity contribution >= 4 is 21.7 Å². The fraction of sp³-hybridized carbons (Fsp3) is 0.846. The molecule has 0 aromatic carbocycles. The molecule has 0 spiro atoms. The molecule has 1 saturated carbocycles. The Morgan fingerprint density at radius 3 is 2.40 bits per heavy atom. The predicted molar refractivity (Wildman–Crippen MR) is 72.9 cm³/mol. The molecular weight excluding hydrogens is 282 g/mol. The number of carbonyl (C=O) groups is 2. The molecule has 114 valence electrons. The zero-order valence-corrected chi connectivity index (χ0v) is 12.4. The lowest BCUT2D eigenvalue weighted by Crippen LogP contribution is -2.40. The van der Waals surface area contributed by atoms with Crippen molar-refractivity contribution in [3.63, 3.8) is 0 Å². The molecule has 2 rings (SSSR count). The molecule has 1 amide bonds. The number of nitrogens with zero attached hydrogens (tertiary/aromatic N) is 1. The van der Waals surface area contributed by atoms with Gasteiger partial charge in [-0.05, 0) is 25.2 Å². The molecule has 1 unspecified atom stereocenters. The number of carboxylic acid groups (broad SMARTS) is 1. The largest absolute Gasteiger partial charge is 0.481 e. The second-order valence-corrected chi connectivity index (χ2v) is 8.26. The highest BCUT2D eigenvalue weighted by Crippen LogP contribution is 2.37. The van der Waals surface area contributed by atoms with E-state index in [4.69, 9.17) is 0 Å². The molecule has 1 aliphatic carbocycles. The number of hydrogen-bond donors (Lipinski definition) is 1. The molecule has 7 heteroatoms. The topological polar surface area (TPSA) is 91.8 Å². The van der Waals surface area contributed by atoms with Crippen molar-refractivity contribution < 1.29 is 23.1 Å². The van der Waals surface area contributed by atoms with Crippen molar-refractivity contribution in [3.05, 3.63) is 0 Å². The van der Waals surface area contributed by atoms with Crippen LogP contribution in [0.1, 0.15) is 26.2 Å². The van der Waals surface area contributed by atoms with E-state index in [1.807, 2.05) is 6.92 Å². The predicted octanol–water partition coefficient (Wildman–Crippen LogP) is 0.380. The van der Waals surface area contributed by atoms with Gasteiger partial charge >= 0.3 is 5.97 Å². The Kier molecular flexibility index (Phi) is 4.36. The van der Waals surface area contributed by atoms with Gasteiger partial charge in [0.1, 0.15) is 0 Å². The molecule has 0 bridgehead atoms. The van der Waals surface area contributed by atoms with Gasteiger partial charge in [0.15, 0.2) is 9.84 Å². The quantitative estimate of drug-likeness (QED) is 0.796. The number of carbonyl (C=O) groups excluding carboxylic acids is 1. The second kappa shape index (κ2) is 5.71. The van der Waals surface area contributed by atoms with E-state index in [0.29, 0.717) is 25.8 Å². The molecule has 6 nitrogen and oxygen atoms in total. The standard InChI is InChI=1S/C13H21NO5S/c1-9-7-10(11(8-9)13(16)17)12(15)14-3-2-5-20(18,19)6-4-14/h9-11H,2-8H2,1H3,(H,16,17)/t9?,10-,11+/m0/s1. The zero-order chi connectivity index (χ0) is 14.9. The van der Waals surface area contributed by atoms with Crippen molar-refractivity contribution in [2.24, 2.45) is 17.8 Å². The van der Waals surface area contributed by atoms with E-state index >= 15 is 0 Å². The number of amides is 1. The molecule has 20 heavy (non-hydrogen) atoms. The Labute approximate surface area is 119 Å². The third-order valence-electron chi connectivity index (χ3n) is 4.30. The van der Waals surface area contributed by atoms with Crippen LogP contribution in [0.25, 0.3) is 0 Å². The minimum atomic E-state index is -3.06. The van der Waals surface area contributed by atoms with E-state index < -0.39 is 27.6 Å². The van der Waals surface area contributed by atoms with E-state index in [-0.39, 0.29) is 29.9 Å². The van der Waals surface area contributed by atoms with Crippen molar-refractivity contribution in [2.45, 2.75) is 26.2 Å². The average Bonchev–Trinajstić information content (AvgIpc) is 2.65. The summed E-state index contributed by atoms with van der Waals surface area (Å²) < 4.78 is 23.1. The summed E-state index contributed by atoms with van der Waals surface area (Å²) in [4.78, 5) is 25.3. The van der Waals surface area contributed by atoms with Crippen LogP contribution in [0, 0.1) is 17.8 Å². The summed E-state index contributed by atoms with van der Waals surface area (Å²) >= 11 is 0. The highest BCUT2D eigenvalue weighted by Gasteiger charge is 2.43. The highest BCUT2D eigenvalue weighted by atomic mass is 32.2. The summed E-state index contributed by atoms with van der Waals surface area (Å²) in [7, 11) is -3.06. The lowest BCUT2D eigenvalue weighted by atomic mass is 9.94. The average molecular weight is 303 g/mol. The van der Waals surface area contributed by atoms with Gasteiger partial charge in [-0.2, -0.15) is 0 Å². The lowest BCUT2D eigenvalue weighted by molar-refractivity contribution is -0.149. The fourth-order valence-electron chi connectivity index (χ4n) is 3.23. The first-order chi connectivity index (χ1) is 9.30. The summed E-state index contributed by atoms with van der Waals surface area (Å²) in [6, 6.07) is 0. The number of hydrogen-bond acceptors (Lipinski definition) is 4. The SMILES string of the molecule is CC1C[C@H](C(=O)N2CCCS(=O)(=O)CC2)[C@H](C(=O)O)C1. The minimum Gasteiger partial charge on any atom is -0.481 e. The molecule has 2 aliphatic rings. The molecule has 0 aromatic heterocycles. The van der Waals surface area contributed by atoms with Crippen LogP contribution >= 0.6 is 0 Å². The summed E-state index contributed by atoms with van der Waals surface area (Å²) in [5.41, 5.74) is 0.